The molecule has 1 unspecified atom stereocenters. The van der Waals surface area contributed by atoms with Crippen LogP contribution in [-0.4, -0.2) is 19.3 Å². The molecule has 1 nitrogen and oxygen atoms in total. The first-order chi connectivity index (χ1) is 8.33. The van der Waals surface area contributed by atoms with Crippen molar-refractivity contribution in [1.29, 1.82) is 0 Å². The van der Waals surface area contributed by atoms with Gasteiger partial charge in [-0.25, -0.2) is 0 Å². The minimum Gasteiger partial charge on any atom is -0.317 e. The lowest BCUT2D eigenvalue weighted by Crippen LogP contribution is -2.29. The van der Waals surface area contributed by atoms with Crippen molar-refractivity contribution in [1.82, 2.24) is 5.32 Å². The van der Waals surface area contributed by atoms with Gasteiger partial charge in [-0.2, -0.15) is 13.2 Å². The molecule has 0 amide bonds. The standard InChI is InChI=1S/C12H14Cl2F3N/c1-18-8(5-6-12(15,16)17)7-9-10(13)3-2-4-11(9)14/h2-4,8,18H,5-7H2,1H3. The van der Waals surface area contributed by atoms with E-state index in [-0.39, 0.29) is 12.5 Å². The lowest BCUT2D eigenvalue weighted by atomic mass is 10.0. The van der Waals surface area contributed by atoms with E-state index in [2.05, 4.69) is 5.32 Å². The minimum absolute atomic E-state index is 0.00154. The molecule has 6 heteroatoms. The van der Waals surface area contributed by atoms with Crippen LogP contribution in [0.4, 0.5) is 13.2 Å². The van der Waals surface area contributed by atoms with Gasteiger partial charge in [-0.1, -0.05) is 29.3 Å². The van der Waals surface area contributed by atoms with Gasteiger partial charge < -0.3 is 5.32 Å². The van der Waals surface area contributed by atoms with Crippen LogP contribution in [-0.2, 0) is 6.42 Å². The second kappa shape index (κ2) is 6.64. The van der Waals surface area contributed by atoms with Crippen LogP contribution in [0.25, 0.3) is 0 Å². The van der Waals surface area contributed by atoms with Crippen molar-refractivity contribution >= 4 is 23.2 Å². The maximum atomic E-state index is 12.2. The van der Waals surface area contributed by atoms with Gasteiger partial charge in [0, 0.05) is 22.5 Å². The van der Waals surface area contributed by atoms with Crippen LogP contribution in [0, 0.1) is 0 Å². The molecule has 102 valence electrons. The van der Waals surface area contributed by atoms with Gasteiger partial charge in [0.25, 0.3) is 0 Å². The van der Waals surface area contributed by atoms with Gasteiger partial charge >= 0.3 is 6.18 Å². The summed E-state index contributed by atoms with van der Waals surface area (Å²) >= 11 is 12.0. The van der Waals surface area contributed by atoms with E-state index >= 15 is 0 Å². The summed E-state index contributed by atoms with van der Waals surface area (Å²) in [6.45, 7) is 0. The molecule has 18 heavy (non-hydrogen) atoms. The van der Waals surface area contributed by atoms with Crippen LogP contribution in [0.2, 0.25) is 10.0 Å². The maximum Gasteiger partial charge on any atom is 0.389 e. The van der Waals surface area contributed by atoms with Crippen molar-refractivity contribution in [2.45, 2.75) is 31.5 Å². The Kier molecular flexibility index (Phi) is 5.76. The van der Waals surface area contributed by atoms with E-state index in [4.69, 9.17) is 23.2 Å². The fraction of sp³-hybridized carbons (Fsp3) is 0.500. The van der Waals surface area contributed by atoms with Gasteiger partial charge in [-0.3, -0.25) is 0 Å². The second-order valence-electron chi connectivity index (χ2n) is 4.04. The number of alkyl halides is 3. The van der Waals surface area contributed by atoms with Gasteiger partial charge in [0.05, 0.1) is 0 Å². The van der Waals surface area contributed by atoms with Crippen molar-refractivity contribution in [2.24, 2.45) is 0 Å². The molecule has 0 saturated heterocycles. The van der Waals surface area contributed by atoms with Crippen LogP contribution in [0.1, 0.15) is 18.4 Å². The number of hydrogen-bond donors (Lipinski definition) is 1. The molecule has 1 aromatic rings. The molecule has 0 radical (unpaired) electrons. The average molecular weight is 300 g/mol. The average Bonchev–Trinajstić information content (AvgIpc) is 2.26. The Hall–Kier alpha value is -0.450. The maximum absolute atomic E-state index is 12.2. The van der Waals surface area contributed by atoms with Crippen molar-refractivity contribution < 1.29 is 13.2 Å². The summed E-state index contributed by atoms with van der Waals surface area (Å²) in [6, 6.07) is 4.76. The van der Waals surface area contributed by atoms with Gasteiger partial charge in [0.2, 0.25) is 0 Å². The Morgan fingerprint density at radius 1 is 1.22 bits per heavy atom. The summed E-state index contributed by atoms with van der Waals surface area (Å²) in [5, 5.41) is 3.82. The zero-order valence-corrected chi connectivity index (χ0v) is 11.3. The Balaban J connectivity index is 2.68. The molecular formula is C12H14Cl2F3N. The van der Waals surface area contributed by atoms with E-state index in [1.54, 1.807) is 25.2 Å². The molecule has 0 heterocycles. The minimum atomic E-state index is -4.14. The first kappa shape index (κ1) is 15.6. The summed E-state index contributed by atoms with van der Waals surface area (Å²) in [5.74, 6) is 0. The molecule has 0 aliphatic rings. The third-order valence-corrected chi connectivity index (χ3v) is 3.40. The number of likely N-dealkylation sites (N-methyl/N-ethyl adjacent to an activating group) is 1. The number of halogens is 5. The zero-order valence-electron chi connectivity index (χ0n) is 9.82. The van der Waals surface area contributed by atoms with Crippen LogP contribution >= 0.6 is 23.2 Å². The molecule has 0 aliphatic carbocycles. The highest BCUT2D eigenvalue weighted by Crippen LogP contribution is 2.28. The highest BCUT2D eigenvalue weighted by atomic mass is 35.5. The van der Waals surface area contributed by atoms with E-state index < -0.39 is 12.6 Å². The van der Waals surface area contributed by atoms with Crippen LogP contribution in [0.15, 0.2) is 18.2 Å². The largest absolute Gasteiger partial charge is 0.389 e. The van der Waals surface area contributed by atoms with E-state index in [1.807, 2.05) is 0 Å². The van der Waals surface area contributed by atoms with Crippen molar-refractivity contribution in [2.75, 3.05) is 7.05 Å². The topological polar surface area (TPSA) is 12.0 Å². The Bertz CT molecular complexity index is 373. The highest BCUT2D eigenvalue weighted by molar-refractivity contribution is 6.35. The second-order valence-corrected chi connectivity index (χ2v) is 4.86. The summed E-state index contributed by atoms with van der Waals surface area (Å²) in [4.78, 5) is 0. The molecule has 1 aromatic carbocycles. The summed E-state index contributed by atoms with van der Waals surface area (Å²) in [5.41, 5.74) is 0.683. The Morgan fingerprint density at radius 3 is 2.22 bits per heavy atom. The van der Waals surface area contributed by atoms with Crippen LogP contribution in [0.5, 0.6) is 0 Å². The normalized spacial score (nSPS) is 13.7. The van der Waals surface area contributed by atoms with E-state index in [0.717, 1.165) is 0 Å². The highest BCUT2D eigenvalue weighted by Gasteiger charge is 2.28. The molecule has 0 fully saturated rings. The zero-order chi connectivity index (χ0) is 13.8. The molecule has 1 rings (SSSR count). The molecule has 0 bridgehead atoms. The van der Waals surface area contributed by atoms with Crippen LogP contribution < -0.4 is 5.32 Å². The summed E-state index contributed by atoms with van der Waals surface area (Å²) in [7, 11) is 1.63. The number of hydrogen-bond acceptors (Lipinski definition) is 1. The number of benzene rings is 1. The predicted molar refractivity (Wildman–Crippen MR) is 68.3 cm³/mol. The lowest BCUT2D eigenvalue weighted by molar-refractivity contribution is -0.136. The third kappa shape index (κ3) is 5.04. The molecular weight excluding hydrogens is 286 g/mol. The monoisotopic (exact) mass is 299 g/mol. The Labute approximate surface area is 114 Å². The van der Waals surface area contributed by atoms with E-state index in [1.165, 1.54) is 0 Å². The van der Waals surface area contributed by atoms with Crippen molar-refractivity contribution in [3.05, 3.63) is 33.8 Å². The Morgan fingerprint density at radius 2 is 1.78 bits per heavy atom. The summed E-state index contributed by atoms with van der Waals surface area (Å²) < 4.78 is 36.5. The quantitative estimate of drug-likeness (QED) is 0.846. The predicted octanol–water partition coefficient (Wildman–Crippen LogP) is 4.47. The first-order valence-electron chi connectivity index (χ1n) is 5.50. The number of nitrogens with one attached hydrogen (secondary N) is 1. The number of rotatable bonds is 5. The molecule has 0 aromatic heterocycles. The van der Waals surface area contributed by atoms with Crippen molar-refractivity contribution in [3.8, 4) is 0 Å². The van der Waals surface area contributed by atoms with Gasteiger partial charge in [-0.15, -0.1) is 0 Å². The van der Waals surface area contributed by atoms with Gasteiger partial charge in [0.15, 0.2) is 0 Å². The molecule has 1 atom stereocenters. The molecule has 0 saturated carbocycles. The van der Waals surface area contributed by atoms with Gasteiger partial charge in [-0.05, 0) is 37.6 Å². The lowest BCUT2D eigenvalue weighted by Gasteiger charge is -2.18. The third-order valence-electron chi connectivity index (χ3n) is 2.70. The van der Waals surface area contributed by atoms with Gasteiger partial charge in [0.1, 0.15) is 0 Å². The molecule has 1 N–H and O–H groups in total. The van der Waals surface area contributed by atoms with Crippen LogP contribution in [0.3, 0.4) is 0 Å². The first-order valence-corrected chi connectivity index (χ1v) is 6.26. The smallest absolute Gasteiger partial charge is 0.317 e. The van der Waals surface area contributed by atoms with Crippen molar-refractivity contribution in [3.63, 3.8) is 0 Å². The fourth-order valence-corrected chi connectivity index (χ4v) is 2.21. The molecule has 0 spiro atoms. The van der Waals surface area contributed by atoms with E-state index in [9.17, 15) is 13.2 Å². The fourth-order valence-electron chi connectivity index (χ4n) is 1.66. The SMILES string of the molecule is CNC(CCC(F)(F)F)Cc1c(Cl)cccc1Cl. The molecule has 0 aliphatic heterocycles. The van der Waals surface area contributed by atoms with E-state index in [0.29, 0.717) is 22.0 Å². The summed E-state index contributed by atoms with van der Waals surface area (Å²) in [6.07, 6.45) is -4.58.